The first-order chi connectivity index (χ1) is 8.54. The topological polar surface area (TPSA) is 41.6 Å². The van der Waals surface area contributed by atoms with Crippen LogP contribution in [0.5, 0.6) is 0 Å². The first-order valence-corrected chi connectivity index (χ1v) is 6.42. The Balaban J connectivity index is 2.65. The minimum atomic E-state index is 0.322. The molecule has 1 aromatic carbocycles. The molecule has 0 aliphatic heterocycles. The van der Waals surface area contributed by atoms with Crippen molar-refractivity contribution in [3.05, 3.63) is 29.6 Å². The molecule has 0 radical (unpaired) electrons. The van der Waals surface area contributed by atoms with Crippen LogP contribution >= 0.6 is 0 Å². The van der Waals surface area contributed by atoms with Gasteiger partial charge in [0.15, 0.2) is 0 Å². The van der Waals surface area contributed by atoms with Crippen molar-refractivity contribution in [1.29, 1.82) is 5.26 Å². The Morgan fingerprint density at radius 1 is 1.28 bits per heavy atom. The van der Waals surface area contributed by atoms with Crippen molar-refractivity contribution >= 4 is 11.0 Å². The highest BCUT2D eigenvalue weighted by Gasteiger charge is 2.13. The van der Waals surface area contributed by atoms with E-state index >= 15 is 0 Å². The number of nitriles is 1. The maximum Gasteiger partial charge on any atom is 0.124 e. The van der Waals surface area contributed by atoms with Crippen LogP contribution in [0.3, 0.4) is 0 Å². The third kappa shape index (κ3) is 2.11. The first kappa shape index (κ1) is 12.6. The Labute approximate surface area is 108 Å². The van der Waals surface area contributed by atoms with Crippen molar-refractivity contribution in [1.82, 2.24) is 9.55 Å². The van der Waals surface area contributed by atoms with Gasteiger partial charge in [-0.2, -0.15) is 5.26 Å². The molecule has 2 aromatic rings. The summed E-state index contributed by atoms with van der Waals surface area (Å²) in [7, 11) is 0. The lowest BCUT2D eigenvalue weighted by Crippen LogP contribution is -2.05. The quantitative estimate of drug-likeness (QED) is 0.820. The van der Waals surface area contributed by atoms with Crippen LogP contribution in [0.25, 0.3) is 11.0 Å². The summed E-state index contributed by atoms with van der Waals surface area (Å²) >= 11 is 0. The second-order valence-electron chi connectivity index (χ2n) is 5.23. The largest absolute Gasteiger partial charge is 0.325 e. The Kier molecular flexibility index (Phi) is 3.38. The van der Waals surface area contributed by atoms with E-state index in [-0.39, 0.29) is 0 Å². The second kappa shape index (κ2) is 4.81. The lowest BCUT2D eigenvalue weighted by atomic mass is 10.0. The predicted molar refractivity (Wildman–Crippen MR) is 73.5 cm³/mol. The Hall–Kier alpha value is -1.82. The first-order valence-electron chi connectivity index (χ1n) is 6.42. The highest BCUT2D eigenvalue weighted by atomic mass is 15.1. The molecule has 0 saturated heterocycles. The lowest BCUT2D eigenvalue weighted by molar-refractivity contribution is 0.594. The molecule has 3 heteroatoms. The zero-order chi connectivity index (χ0) is 13.3. The van der Waals surface area contributed by atoms with E-state index in [4.69, 9.17) is 5.26 Å². The van der Waals surface area contributed by atoms with Crippen molar-refractivity contribution in [2.75, 3.05) is 0 Å². The third-order valence-electron chi connectivity index (χ3n) is 3.21. The number of nitrogens with zero attached hydrogens (tertiary/aromatic N) is 3. The summed E-state index contributed by atoms with van der Waals surface area (Å²) in [6.07, 6.45) is 0.365. The van der Waals surface area contributed by atoms with E-state index in [0.717, 1.165) is 16.9 Å². The molecule has 0 fully saturated rings. The van der Waals surface area contributed by atoms with Crippen LogP contribution in [0.1, 0.15) is 51.0 Å². The fourth-order valence-corrected chi connectivity index (χ4v) is 2.30. The van der Waals surface area contributed by atoms with Crippen LogP contribution in [0.15, 0.2) is 18.2 Å². The third-order valence-corrected chi connectivity index (χ3v) is 3.21. The summed E-state index contributed by atoms with van der Waals surface area (Å²) in [5.41, 5.74) is 3.42. The van der Waals surface area contributed by atoms with E-state index in [1.807, 2.05) is 0 Å². The van der Waals surface area contributed by atoms with Crippen LogP contribution in [0.2, 0.25) is 0 Å². The molecular weight excluding hydrogens is 222 g/mol. The van der Waals surface area contributed by atoms with E-state index in [9.17, 15) is 0 Å². The van der Waals surface area contributed by atoms with Gasteiger partial charge in [0, 0.05) is 6.04 Å². The number of hydrogen-bond acceptors (Lipinski definition) is 2. The Bertz CT molecular complexity index is 600. The summed E-state index contributed by atoms with van der Waals surface area (Å²) in [5.74, 6) is 1.36. The molecule has 18 heavy (non-hydrogen) atoms. The molecule has 94 valence electrons. The molecule has 0 spiro atoms. The van der Waals surface area contributed by atoms with Gasteiger partial charge in [0.1, 0.15) is 5.82 Å². The molecule has 1 aromatic heterocycles. The van der Waals surface area contributed by atoms with E-state index in [1.165, 1.54) is 5.56 Å². The smallest absolute Gasteiger partial charge is 0.124 e. The molecule has 0 saturated carbocycles. The van der Waals surface area contributed by atoms with Gasteiger partial charge in [-0.05, 0) is 37.5 Å². The van der Waals surface area contributed by atoms with E-state index in [0.29, 0.717) is 18.4 Å². The summed E-state index contributed by atoms with van der Waals surface area (Å²) in [5, 5.41) is 8.89. The summed E-state index contributed by atoms with van der Waals surface area (Å²) in [6.45, 7) is 8.60. The molecule has 0 atom stereocenters. The van der Waals surface area contributed by atoms with Crippen LogP contribution in [0, 0.1) is 11.3 Å². The molecule has 0 aliphatic rings. The molecular formula is C15H19N3. The van der Waals surface area contributed by atoms with Gasteiger partial charge in [0.25, 0.3) is 0 Å². The van der Waals surface area contributed by atoms with E-state index in [1.54, 1.807) is 0 Å². The molecule has 0 unspecified atom stereocenters. The molecule has 2 rings (SSSR count). The highest BCUT2D eigenvalue weighted by molar-refractivity contribution is 5.77. The maximum atomic E-state index is 8.89. The van der Waals surface area contributed by atoms with Gasteiger partial charge in [-0.15, -0.1) is 0 Å². The van der Waals surface area contributed by atoms with Crippen molar-refractivity contribution in [3.8, 4) is 6.07 Å². The number of benzene rings is 1. The number of hydrogen-bond donors (Lipinski definition) is 0. The van der Waals surface area contributed by atoms with Crippen LogP contribution in [-0.4, -0.2) is 9.55 Å². The number of rotatable bonds is 3. The molecule has 0 N–H and O–H groups in total. The standard InChI is InChI=1S/C15H19N3/c1-10(2)12-5-6-14-13(9-12)17-15(7-8-16)18(14)11(3)4/h5-6,9-11H,7H2,1-4H3. The number of imidazole rings is 1. The molecule has 0 bridgehead atoms. The maximum absolute atomic E-state index is 8.89. The number of aromatic nitrogens is 2. The van der Waals surface area contributed by atoms with Gasteiger partial charge in [-0.25, -0.2) is 4.98 Å². The predicted octanol–water partition coefficient (Wildman–Crippen LogP) is 3.81. The van der Waals surface area contributed by atoms with Crippen LogP contribution in [0.4, 0.5) is 0 Å². The Morgan fingerprint density at radius 2 is 2.00 bits per heavy atom. The van der Waals surface area contributed by atoms with E-state index in [2.05, 4.69) is 61.5 Å². The zero-order valence-corrected chi connectivity index (χ0v) is 11.4. The van der Waals surface area contributed by atoms with Crippen molar-refractivity contribution in [3.63, 3.8) is 0 Å². The van der Waals surface area contributed by atoms with Gasteiger partial charge >= 0.3 is 0 Å². The average molecular weight is 241 g/mol. The fourth-order valence-electron chi connectivity index (χ4n) is 2.30. The summed E-state index contributed by atoms with van der Waals surface area (Å²) in [4.78, 5) is 4.61. The van der Waals surface area contributed by atoms with Gasteiger partial charge in [-0.1, -0.05) is 19.9 Å². The Morgan fingerprint density at radius 3 is 2.56 bits per heavy atom. The van der Waals surface area contributed by atoms with Crippen LogP contribution < -0.4 is 0 Å². The van der Waals surface area contributed by atoms with E-state index < -0.39 is 0 Å². The van der Waals surface area contributed by atoms with Gasteiger partial charge < -0.3 is 4.57 Å². The van der Waals surface area contributed by atoms with Crippen molar-refractivity contribution in [2.24, 2.45) is 0 Å². The molecule has 0 amide bonds. The van der Waals surface area contributed by atoms with Crippen molar-refractivity contribution < 1.29 is 0 Å². The highest BCUT2D eigenvalue weighted by Crippen LogP contribution is 2.25. The minimum absolute atomic E-state index is 0.322. The van der Waals surface area contributed by atoms with Gasteiger partial charge in [0.05, 0.1) is 23.5 Å². The zero-order valence-electron chi connectivity index (χ0n) is 11.4. The van der Waals surface area contributed by atoms with Gasteiger partial charge in [-0.3, -0.25) is 0 Å². The average Bonchev–Trinajstić information content (AvgIpc) is 2.66. The molecule has 1 heterocycles. The fraction of sp³-hybridized carbons (Fsp3) is 0.467. The van der Waals surface area contributed by atoms with Crippen molar-refractivity contribution in [2.45, 2.75) is 46.1 Å². The SMILES string of the molecule is CC(C)c1ccc2c(c1)nc(CC#N)n2C(C)C. The number of fused-ring (bicyclic) bond motifs is 1. The lowest BCUT2D eigenvalue weighted by Gasteiger charge is -2.12. The molecule has 0 aliphatic carbocycles. The van der Waals surface area contributed by atoms with Crippen LogP contribution in [-0.2, 0) is 6.42 Å². The molecule has 3 nitrogen and oxygen atoms in total. The van der Waals surface area contributed by atoms with Gasteiger partial charge in [0.2, 0.25) is 0 Å². The monoisotopic (exact) mass is 241 g/mol. The normalized spacial score (nSPS) is 11.4. The summed E-state index contributed by atoms with van der Waals surface area (Å²) in [6, 6.07) is 8.94. The second-order valence-corrected chi connectivity index (χ2v) is 5.23. The minimum Gasteiger partial charge on any atom is -0.325 e. The summed E-state index contributed by atoms with van der Waals surface area (Å²) < 4.78 is 2.16.